The Balaban J connectivity index is 1.47. The highest BCUT2D eigenvalue weighted by Crippen LogP contribution is 2.34. The number of nitrogens with one attached hydrogen (secondary N) is 1. The molecule has 4 rings (SSSR count). The van der Waals surface area contributed by atoms with E-state index in [-0.39, 0.29) is 36.7 Å². The van der Waals surface area contributed by atoms with Crippen LogP contribution in [0.15, 0.2) is 39.8 Å². The van der Waals surface area contributed by atoms with Crippen LogP contribution >= 0.6 is 0 Å². The summed E-state index contributed by atoms with van der Waals surface area (Å²) in [5, 5.41) is 7.76. The molecule has 0 unspecified atom stereocenters. The highest BCUT2D eigenvalue weighted by atomic mass is 32.2. The largest absolute Gasteiger partial charge is 0.449 e. The fourth-order valence-corrected chi connectivity index (χ4v) is 4.30. The van der Waals surface area contributed by atoms with Crippen molar-refractivity contribution < 1.29 is 26.0 Å². The normalized spacial score (nSPS) is 17.1. The number of benzene rings is 1. The number of aryl methyl sites for hydroxylation is 2. The molecular weight excluding hydrogens is 423 g/mol. The molecule has 1 N–H and O–H groups in total. The summed E-state index contributed by atoms with van der Waals surface area (Å²) in [4.78, 5) is 4.19. The molecule has 12 heteroatoms. The molecule has 30 heavy (non-hydrogen) atoms. The number of hydrogen-bond donors (Lipinski definition) is 1. The van der Waals surface area contributed by atoms with Gasteiger partial charge in [0, 0.05) is 25.5 Å². The third-order valence-corrected chi connectivity index (χ3v) is 6.40. The average Bonchev–Trinajstić information content (AvgIpc) is 3.31. The fraction of sp³-hybridized carbons (Fsp3) is 0.389. The number of fused-ring (bicyclic) bond motifs is 1. The molecule has 1 aromatic carbocycles. The summed E-state index contributed by atoms with van der Waals surface area (Å²) in [5.74, 6) is -0.425. The van der Waals surface area contributed by atoms with Crippen molar-refractivity contribution in [3.05, 3.63) is 48.1 Å². The summed E-state index contributed by atoms with van der Waals surface area (Å²) in [5.41, 5.74) is 1.27. The molecule has 3 aromatic rings. The Morgan fingerprint density at radius 3 is 2.60 bits per heavy atom. The van der Waals surface area contributed by atoms with Gasteiger partial charge >= 0.3 is 6.18 Å². The third kappa shape index (κ3) is 4.10. The number of halogens is 3. The number of sulfonamides is 1. The molecule has 1 aliphatic heterocycles. The highest BCUT2D eigenvalue weighted by Gasteiger charge is 2.42. The van der Waals surface area contributed by atoms with Gasteiger partial charge < -0.3 is 8.98 Å². The van der Waals surface area contributed by atoms with Gasteiger partial charge in [-0.15, -0.1) is 10.2 Å². The number of aromatic nitrogens is 4. The first-order valence-corrected chi connectivity index (χ1v) is 10.6. The van der Waals surface area contributed by atoms with Gasteiger partial charge in [0.1, 0.15) is 23.6 Å². The van der Waals surface area contributed by atoms with Gasteiger partial charge in [0.2, 0.25) is 10.0 Å². The Labute approximate surface area is 170 Å². The summed E-state index contributed by atoms with van der Waals surface area (Å²) in [7, 11) is -3.90. The summed E-state index contributed by atoms with van der Waals surface area (Å²) >= 11 is 0. The van der Waals surface area contributed by atoms with E-state index < -0.39 is 22.1 Å². The van der Waals surface area contributed by atoms with E-state index in [2.05, 4.69) is 19.9 Å². The maximum atomic E-state index is 13.1. The van der Waals surface area contributed by atoms with Crippen LogP contribution in [0.4, 0.5) is 13.2 Å². The lowest BCUT2D eigenvalue weighted by molar-refractivity contribution is -0.182. The summed E-state index contributed by atoms with van der Waals surface area (Å²) < 4.78 is 73.2. The van der Waals surface area contributed by atoms with Crippen LogP contribution in [0.3, 0.4) is 0 Å². The molecule has 160 valence electrons. The van der Waals surface area contributed by atoms with Crippen molar-refractivity contribution in [2.45, 2.75) is 43.9 Å². The van der Waals surface area contributed by atoms with E-state index in [4.69, 9.17) is 4.42 Å². The number of nitrogens with zero attached hydrogens (tertiary/aromatic N) is 4. The molecule has 0 saturated heterocycles. The lowest BCUT2D eigenvalue weighted by atomic mass is 9.99. The molecule has 0 amide bonds. The quantitative estimate of drug-likeness (QED) is 0.653. The van der Waals surface area contributed by atoms with Gasteiger partial charge in [-0.3, -0.25) is 0 Å². The third-order valence-electron chi connectivity index (χ3n) is 4.99. The fourth-order valence-electron chi connectivity index (χ4n) is 3.32. The Bertz CT molecular complexity index is 1150. The molecule has 8 nitrogen and oxygen atoms in total. The molecule has 0 radical (unpaired) electrons. The van der Waals surface area contributed by atoms with Crippen LogP contribution in [-0.4, -0.2) is 34.3 Å². The van der Waals surface area contributed by atoms with Crippen LogP contribution in [0.1, 0.15) is 24.0 Å². The molecule has 0 fully saturated rings. The predicted molar refractivity (Wildman–Crippen MR) is 98.6 cm³/mol. The van der Waals surface area contributed by atoms with Crippen LogP contribution in [0.25, 0.3) is 11.3 Å². The Morgan fingerprint density at radius 2 is 1.97 bits per heavy atom. The first-order valence-electron chi connectivity index (χ1n) is 9.13. The molecule has 3 heterocycles. The minimum absolute atomic E-state index is 0.0121. The van der Waals surface area contributed by atoms with E-state index in [0.29, 0.717) is 23.0 Å². The maximum absolute atomic E-state index is 13.1. The van der Waals surface area contributed by atoms with Crippen molar-refractivity contribution in [2.24, 2.45) is 5.92 Å². The second-order valence-electron chi connectivity index (χ2n) is 7.02. The average molecular weight is 441 g/mol. The van der Waals surface area contributed by atoms with Crippen LogP contribution < -0.4 is 4.72 Å². The molecule has 0 aliphatic carbocycles. The topological polar surface area (TPSA) is 103 Å². The molecule has 1 atom stereocenters. The molecule has 0 saturated carbocycles. The van der Waals surface area contributed by atoms with E-state index in [1.165, 1.54) is 23.0 Å². The molecular formula is C18H18F3N5O3S. The zero-order valence-corrected chi connectivity index (χ0v) is 16.7. The van der Waals surface area contributed by atoms with Gasteiger partial charge in [-0.1, -0.05) is 12.1 Å². The Kier molecular flexibility index (Phi) is 5.14. The predicted octanol–water partition coefficient (Wildman–Crippen LogP) is 2.84. The van der Waals surface area contributed by atoms with Gasteiger partial charge in [-0.2, -0.15) is 13.2 Å². The first-order chi connectivity index (χ1) is 14.1. The van der Waals surface area contributed by atoms with Crippen LogP contribution in [-0.2, 0) is 29.5 Å². The Hall–Kier alpha value is -2.73. The number of alkyl halides is 3. The van der Waals surface area contributed by atoms with Crippen molar-refractivity contribution in [1.29, 1.82) is 0 Å². The lowest BCUT2D eigenvalue weighted by Crippen LogP contribution is -2.34. The van der Waals surface area contributed by atoms with Crippen LogP contribution in [0, 0.1) is 12.8 Å². The van der Waals surface area contributed by atoms with Crippen molar-refractivity contribution in [1.82, 2.24) is 24.5 Å². The standard InChI is InChI=1S/C18H18F3N5O3S/c1-11-23-15(10-29-11)12-2-5-14(6-3-12)30(27,28)22-8-17-25-24-16-7-4-13(9-26(16)17)18(19,20)21/h2-3,5-6,10,13,22H,4,7-9H2,1H3/t13-/m0/s1. The van der Waals surface area contributed by atoms with Crippen LogP contribution in [0.2, 0.25) is 0 Å². The molecule has 1 aliphatic rings. The SMILES string of the molecule is Cc1nc(-c2ccc(S(=O)(=O)NCc3nnc4n3C[C@@H](C(F)(F)F)CC4)cc2)co1. The van der Waals surface area contributed by atoms with E-state index in [1.807, 2.05) is 0 Å². The maximum Gasteiger partial charge on any atom is 0.393 e. The van der Waals surface area contributed by atoms with Crippen LogP contribution in [0.5, 0.6) is 0 Å². The highest BCUT2D eigenvalue weighted by molar-refractivity contribution is 7.89. The van der Waals surface area contributed by atoms with Crippen molar-refractivity contribution in [3.8, 4) is 11.3 Å². The zero-order chi connectivity index (χ0) is 21.5. The van der Waals surface area contributed by atoms with Gasteiger partial charge in [0.25, 0.3) is 0 Å². The number of oxazole rings is 1. The van der Waals surface area contributed by atoms with Crippen molar-refractivity contribution >= 4 is 10.0 Å². The first kappa shape index (κ1) is 20.5. The number of rotatable bonds is 5. The van der Waals surface area contributed by atoms with Gasteiger partial charge in [-0.25, -0.2) is 18.1 Å². The lowest BCUT2D eigenvalue weighted by Gasteiger charge is -2.26. The zero-order valence-electron chi connectivity index (χ0n) is 15.8. The van der Waals surface area contributed by atoms with E-state index >= 15 is 0 Å². The van der Waals surface area contributed by atoms with E-state index in [9.17, 15) is 21.6 Å². The second kappa shape index (κ2) is 7.51. The summed E-state index contributed by atoms with van der Waals surface area (Å²) in [6.45, 7) is 1.13. The van der Waals surface area contributed by atoms with Gasteiger partial charge in [0.15, 0.2) is 5.89 Å². The second-order valence-corrected chi connectivity index (χ2v) is 8.79. The molecule has 0 spiro atoms. The monoisotopic (exact) mass is 441 g/mol. The molecule has 2 aromatic heterocycles. The van der Waals surface area contributed by atoms with Crippen molar-refractivity contribution in [3.63, 3.8) is 0 Å². The minimum Gasteiger partial charge on any atom is -0.449 e. The van der Waals surface area contributed by atoms with Gasteiger partial charge in [-0.05, 0) is 18.6 Å². The summed E-state index contributed by atoms with van der Waals surface area (Å²) in [6.07, 6.45) is -2.75. The number of hydrogen-bond acceptors (Lipinski definition) is 6. The van der Waals surface area contributed by atoms with E-state index in [1.54, 1.807) is 19.1 Å². The summed E-state index contributed by atoms with van der Waals surface area (Å²) in [6, 6.07) is 6.03. The van der Waals surface area contributed by atoms with Gasteiger partial charge in [0.05, 0.1) is 17.4 Å². The minimum atomic E-state index is -4.32. The smallest absolute Gasteiger partial charge is 0.393 e. The Morgan fingerprint density at radius 1 is 1.23 bits per heavy atom. The van der Waals surface area contributed by atoms with Crippen molar-refractivity contribution in [2.75, 3.05) is 0 Å². The van der Waals surface area contributed by atoms with E-state index in [0.717, 1.165) is 0 Å². The molecule has 0 bridgehead atoms.